The molecule has 0 fully saturated rings. The van der Waals surface area contributed by atoms with E-state index in [0.29, 0.717) is 0 Å². The molecule has 0 radical (unpaired) electrons. The summed E-state index contributed by atoms with van der Waals surface area (Å²) >= 11 is 0. The number of carbonyl (C=O) groups excluding carboxylic acids is 2. The van der Waals surface area contributed by atoms with Crippen LogP contribution in [0, 0.1) is 0 Å². The highest BCUT2D eigenvalue weighted by Gasteiger charge is 2.30. The van der Waals surface area contributed by atoms with Gasteiger partial charge in [0.25, 0.3) is 0 Å². The fraction of sp³-hybridized carbons (Fsp3) is 0.0192. The minimum absolute atomic E-state index is 0.00101. The Hall–Kier alpha value is -14.1. The van der Waals surface area contributed by atoms with Crippen LogP contribution in [0.2, 0.25) is 0 Å². The largest absolute Gasteiger partial charge is 0.458 e. The summed E-state index contributed by atoms with van der Waals surface area (Å²) in [5, 5.41) is 0. The van der Waals surface area contributed by atoms with Crippen molar-refractivity contribution in [1.82, 2.24) is 0 Å². The highest BCUT2D eigenvalue weighted by molar-refractivity contribution is 6.35. The van der Waals surface area contributed by atoms with E-state index in [9.17, 15) is 0 Å². The summed E-state index contributed by atoms with van der Waals surface area (Å²) in [7, 11) is 0. The zero-order chi connectivity index (χ0) is 73.1. The fourth-order valence-electron chi connectivity index (χ4n) is 14.4. The molecule has 4 heterocycles. The third-order valence-electron chi connectivity index (χ3n) is 19.4. The molecule has 4 nitrogen and oxygen atoms in total. The molecular weight excluding hydrogens is 1310 g/mol. The third kappa shape index (κ3) is 16.0. The Balaban J connectivity index is 1.03. The molecule has 18 rings (SSSR count). The lowest BCUT2D eigenvalue weighted by Crippen LogP contribution is -2.06. The van der Waals surface area contributed by atoms with Gasteiger partial charge in [-0.3, -0.25) is 0 Å². The lowest BCUT2D eigenvalue weighted by atomic mass is 9.76. The smallest absolute Gasteiger partial charge is 0.331 e. The van der Waals surface area contributed by atoms with Crippen LogP contribution in [0.15, 0.2) is 437 Å². The molecule has 14 aromatic rings. The van der Waals surface area contributed by atoms with Crippen LogP contribution in [0.5, 0.6) is 0 Å². The Labute approximate surface area is 632 Å². The first kappa shape index (κ1) is 69.6. The minimum Gasteiger partial charge on any atom is -0.458 e. The van der Waals surface area contributed by atoms with Crippen molar-refractivity contribution in [3.8, 4) is 0 Å². The van der Waals surface area contributed by atoms with Crippen molar-refractivity contribution in [2.75, 3.05) is 0 Å². The van der Waals surface area contributed by atoms with Crippen LogP contribution in [0.25, 0.3) is 66.9 Å². The van der Waals surface area contributed by atoms with Crippen molar-refractivity contribution >= 4 is 78.8 Å². The van der Waals surface area contributed by atoms with E-state index >= 15 is 9.59 Å². The average Bonchev–Trinajstić information content (AvgIpc) is 0.750. The highest BCUT2D eigenvalue weighted by atomic mass is 16.5. The number of rotatable bonds is 12. The fourth-order valence-corrected chi connectivity index (χ4v) is 14.4. The van der Waals surface area contributed by atoms with E-state index in [-0.39, 0.29) is 13.2 Å². The Morgan fingerprint density at radius 3 is 0.519 bits per heavy atom. The van der Waals surface area contributed by atoms with E-state index in [1.807, 2.05) is 72.8 Å². The van der Waals surface area contributed by atoms with Crippen molar-refractivity contribution in [3.05, 3.63) is 526 Å². The Morgan fingerprint density at radius 2 is 0.306 bits per heavy atom. The second kappa shape index (κ2) is 34.0. The maximum atomic E-state index is 15.0. The molecule has 0 aromatic heterocycles. The first-order valence-electron chi connectivity index (χ1n) is 36.5. The number of carbonyl (C=O) groups is 2. The summed E-state index contributed by atoms with van der Waals surface area (Å²) < 4.78 is 12.8. The van der Waals surface area contributed by atoms with Gasteiger partial charge < -0.3 is 9.47 Å². The molecule has 14 aromatic carbocycles. The van der Waals surface area contributed by atoms with Crippen LogP contribution < -0.4 is 0 Å². The molecule has 516 valence electrons. The van der Waals surface area contributed by atoms with Crippen LogP contribution in [0.4, 0.5) is 0 Å². The molecule has 0 unspecified atom stereocenters. The molecule has 0 spiro atoms. The molecule has 4 aliphatic heterocycles. The quantitative estimate of drug-likeness (QED) is 0.114. The highest BCUT2D eigenvalue weighted by Crippen LogP contribution is 2.53. The molecule has 4 heteroatoms. The minimum atomic E-state index is -0.503. The van der Waals surface area contributed by atoms with Gasteiger partial charge in [0.2, 0.25) is 0 Å². The molecule has 0 saturated carbocycles. The summed E-state index contributed by atoms with van der Waals surface area (Å²) in [6.45, 7) is -0.00202. The molecule has 4 bridgehead atoms. The summed E-state index contributed by atoms with van der Waals surface area (Å²) in [5.74, 6) is -1.01. The molecular formula is C104H76O4. The van der Waals surface area contributed by atoms with E-state index in [1.54, 1.807) is 12.2 Å². The van der Waals surface area contributed by atoms with E-state index in [0.717, 1.165) is 156 Å². The van der Waals surface area contributed by atoms with Gasteiger partial charge in [-0.25, -0.2) is 9.59 Å². The summed E-state index contributed by atoms with van der Waals surface area (Å²) in [4.78, 5) is 30.0. The normalized spacial score (nSPS) is 17.0. The second-order valence-corrected chi connectivity index (χ2v) is 26.2. The topological polar surface area (TPSA) is 52.6 Å². The number of esters is 2. The van der Waals surface area contributed by atoms with Crippen molar-refractivity contribution in [1.29, 1.82) is 0 Å². The van der Waals surface area contributed by atoms with Gasteiger partial charge in [-0.2, -0.15) is 0 Å². The van der Waals surface area contributed by atoms with Crippen LogP contribution in [-0.4, -0.2) is 11.9 Å². The monoisotopic (exact) mass is 1390 g/mol. The van der Waals surface area contributed by atoms with Gasteiger partial charge in [-0.05, 0) is 168 Å². The number of hydrogen-bond donors (Lipinski definition) is 0. The molecule has 0 aliphatic carbocycles. The summed E-state index contributed by atoms with van der Waals surface area (Å²) in [5.41, 5.74) is 25.9. The summed E-state index contributed by atoms with van der Waals surface area (Å²) in [6.07, 6.45) is 7.02. The van der Waals surface area contributed by atoms with Crippen LogP contribution >= 0.6 is 0 Å². The first-order chi connectivity index (χ1) is 53.5. The zero-order valence-electron chi connectivity index (χ0n) is 59.6. The Kier molecular flexibility index (Phi) is 21.9. The lowest BCUT2D eigenvalue weighted by molar-refractivity contribution is -0.139. The van der Waals surface area contributed by atoms with E-state index < -0.39 is 11.9 Å². The zero-order valence-corrected chi connectivity index (χ0v) is 59.6. The summed E-state index contributed by atoms with van der Waals surface area (Å²) in [6, 6.07) is 143. The predicted octanol–water partition coefficient (Wildman–Crippen LogP) is 25.0. The van der Waals surface area contributed by atoms with E-state index in [2.05, 4.69) is 352 Å². The molecule has 0 amide bonds. The van der Waals surface area contributed by atoms with Crippen LogP contribution in [0.1, 0.15) is 89.0 Å². The first-order valence-corrected chi connectivity index (χ1v) is 36.5. The number of hydrogen-bond acceptors (Lipinski definition) is 4. The van der Waals surface area contributed by atoms with Crippen molar-refractivity contribution in [2.24, 2.45) is 0 Å². The molecule has 108 heavy (non-hydrogen) atoms. The Bertz CT molecular complexity index is 5310. The average molecular weight is 1390 g/mol. The molecule has 4 aliphatic rings. The van der Waals surface area contributed by atoms with Crippen molar-refractivity contribution in [3.63, 3.8) is 0 Å². The van der Waals surface area contributed by atoms with Crippen LogP contribution in [-0.2, 0) is 32.3 Å². The van der Waals surface area contributed by atoms with Gasteiger partial charge >= 0.3 is 11.9 Å². The standard InChI is InChI=1S/C104H76O4/c105-93-71-69-91(77-37-13-1-14-38-77)97(81-45-21-5-22-46-81)101(85-53-29-9-30-54-85)103(87-57-33-11-34-58-87)99(83-49-25-7-26-50-83)95(79-41-17-3-18-42-79)89-65-63-76(64-66-89)74-108-94(106)72-70-92(78-39-15-2-16-40-78)98(82-47-23-6-24-48-82)102(86-55-31-10-32-56-86)104(88-59-35-12-36-60-88)100(84-51-27-8-28-52-84)96(80-43-19-4-20-44-80)90-67-61-75(62-68-90)73-107-93/h1-72H,73-74H2/b71-69-,72-70-,97-91+,98-92+,99-95?,100-96?,103-101-,104-102-. The van der Waals surface area contributed by atoms with Gasteiger partial charge in [0.15, 0.2) is 0 Å². The van der Waals surface area contributed by atoms with Gasteiger partial charge in [-0.15, -0.1) is 0 Å². The van der Waals surface area contributed by atoms with Gasteiger partial charge in [0, 0.05) is 12.2 Å². The van der Waals surface area contributed by atoms with E-state index in [4.69, 9.17) is 9.47 Å². The van der Waals surface area contributed by atoms with Gasteiger partial charge in [0.1, 0.15) is 13.2 Å². The van der Waals surface area contributed by atoms with Crippen LogP contribution in [0.3, 0.4) is 0 Å². The third-order valence-corrected chi connectivity index (χ3v) is 19.4. The predicted molar refractivity (Wildman–Crippen MR) is 447 cm³/mol. The van der Waals surface area contributed by atoms with Crippen molar-refractivity contribution < 1.29 is 19.1 Å². The van der Waals surface area contributed by atoms with E-state index in [1.165, 1.54) is 0 Å². The van der Waals surface area contributed by atoms with Crippen molar-refractivity contribution in [2.45, 2.75) is 13.2 Å². The lowest BCUT2D eigenvalue weighted by Gasteiger charge is -2.27. The SMILES string of the molecule is O=C1\C=C/C(c2ccccc2)=C(c2ccccc2)\C(c2ccccc2)=C(\c2ccccc2)C(c2ccccc2)=C(c2ccccc2)c2ccc(cc2)COC(=O)\C=C/C(c2ccccc2)=C(c2ccccc2)\C(c2ccccc2)=C(\c2ccccc2)C(c2ccccc2)=C(c2ccccc2)c2ccc(cc2)CO1. The number of ether oxygens (including phenoxy) is 2. The molecule has 0 atom stereocenters. The van der Waals surface area contributed by atoms with Gasteiger partial charge in [-0.1, -0.05) is 413 Å². The second-order valence-electron chi connectivity index (χ2n) is 26.2. The molecule has 0 saturated heterocycles. The molecule has 0 N–H and O–H groups in total. The Morgan fingerprint density at radius 1 is 0.148 bits per heavy atom. The number of allylic oxidation sites excluding steroid dienone is 12. The number of benzene rings is 14. The van der Waals surface area contributed by atoms with Gasteiger partial charge in [0.05, 0.1) is 0 Å². The maximum Gasteiger partial charge on any atom is 0.331 e. The maximum absolute atomic E-state index is 15.0.